The summed E-state index contributed by atoms with van der Waals surface area (Å²) in [6, 6.07) is 0. The molecule has 1 atom stereocenters. The van der Waals surface area contributed by atoms with Gasteiger partial charge in [-0.3, -0.25) is 0 Å². The Balaban J connectivity index is 2.31. The van der Waals surface area contributed by atoms with Gasteiger partial charge in [0.15, 0.2) is 5.82 Å². The molecule has 0 aromatic carbocycles. The van der Waals surface area contributed by atoms with E-state index in [1.54, 1.807) is 18.8 Å². The van der Waals surface area contributed by atoms with Crippen molar-refractivity contribution in [2.45, 2.75) is 19.4 Å². The van der Waals surface area contributed by atoms with Gasteiger partial charge in [-0.25, -0.2) is 0 Å². The number of nitrogens with zero attached hydrogens (tertiary/aromatic N) is 4. The molecular weight excluding hydrogens is 188 g/mol. The third-order valence-electron chi connectivity index (χ3n) is 1.48. The molecule has 0 aliphatic rings. The van der Waals surface area contributed by atoms with Crippen molar-refractivity contribution in [3.8, 4) is 0 Å². The van der Waals surface area contributed by atoms with Crippen LogP contribution in [0.15, 0.2) is 0 Å². The van der Waals surface area contributed by atoms with Gasteiger partial charge in [0.1, 0.15) is 0 Å². The molecule has 1 aromatic heterocycles. The van der Waals surface area contributed by atoms with Crippen molar-refractivity contribution in [1.82, 2.24) is 20.2 Å². The van der Waals surface area contributed by atoms with Crippen LogP contribution in [-0.4, -0.2) is 42.9 Å². The number of aryl methyl sites for hydroxylation is 1. The van der Waals surface area contributed by atoms with Gasteiger partial charge in [0, 0.05) is 12.2 Å². The molecule has 1 aromatic rings. The van der Waals surface area contributed by atoms with E-state index < -0.39 is 0 Å². The minimum absolute atomic E-state index is 0.367. The Morgan fingerprint density at radius 1 is 1.62 bits per heavy atom. The number of hydrogen-bond donors (Lipinski definition) is 1. The summed E-state index contributed by atoms with van der Waals surface area (Å²) in [5.74, 6) is 2.35. The van der Waals surface area contributed by atoms with Gasteiger partial charge >= 0.3 is 0 Å². The van der Waals surface area contributed by atoms with E-state index in [4.69, 9.17) is 0 Å². The van der Waals surface area contributed by atoms with Crippen LogP contribution in [0.2, 0.25) is 0 Å². The van der Waals surface area contributed by atoms with Crippen LogP contribution in [0.25, 0.3) is 0 Å². The summed E-state index contributed by atoms with van der Waals surface area (Å²) in [5.41, 5.74) is 0. The molecule has 0 spiro atoms. The molecule has 74 valence electrons. The maximum Gasteiger partial charge on any atom is 0.177 e. The number of hydrogen-bond acceptors (Lipinski definition) is 5. The number of aliphatic hydroxyl groups excluding tert-OH is 1. The Morgan fingerprint density at radius 2 is 2.38 bits per heavy atom. The standard InChI is InChI=1S/C7H14N4OS/c1-3-13-5-6(12)4-7-8-10-11(2)9-7/h6,12H,3-5H2,1-2H3. The summed E-state index contributed by atoms with van der Waals surface area (Å²) in [4.78, 5) is 1.40. The smallest absolute Gasteiger partial charge is 0.177 e. The molecule has 1 rings (SSSR count). The fourth-order valence-corrected chi connectivity index (χ4v) is 1.55. The first kappa shape index (κ1) is 10.5. The molecule has 0 radical (unpaired) electrons. The molecule has 0 saturated heterocycles. The van der Waals surface area contributed by atoms with Crippen LogP contribution in [0.5, 0.6) is 0 Å². The predicted molar refractivity (Wildman–Crippen MR) is 51.5 cm³/mol. The number of aliphatic hydroxyl groups is 1. The van der Waals surface area contributed by atoms with Gasteiger partial charge in [0.2, 0.25) is 0 Å². The van der Waals surface area contributed by atoms with E-state index in [0.717, 1.165) is 11.5 Å². The van der Waals surface area contributed by atoms with Crippen molar-refractivity contribution in [3.05, 3.63) is 5.82 Å². The zero-order chi connectivity index (χ0) is 9.68. The molecule has 6 heteroatoms. The van der Waals surface area contributed by atoms with Crippen molar-refractivity contribution in [2.75, 3.05) is 11.5 Å². The van der Waals surface area contributed by atoms with Crippen LogP contribution in [0, 0.1) is 0 Å². The Kier molecular flexibility index (Phi) is 4.17. The van der Waals surface area contributed by atoms with Crippen LogP contribution in [0.1, 0.15) is 12.7 Å². The second-order valence-electron chi connectivity index (χ2n) is 2.71. The molecule has 1 N–H and O–H groups in total. The molecule has 0 saturated carbocycles. The largest absolute Gasteiger partial charge is 0.392 e. The summed E-state index contributed by atoms with van der Waals surface area (Å²) in [7, 11) is 1.71. The third-order valence-corrected chi connectivity index (χ3v) is 2.51. The van der Waals surface area contributed by atoms with Gasteiger partial charge < -0.3 is 5.11 Å². The van der Waals surface area contributed by atoms with Crippen LogP contribution >= 0.6 is 11.8 Å². The Labute approximate surface area is 81.5 Å². The topological polar surface area (TPSA) is 63.8 Å². The molecule has 0 amide bonds. The maximum atomic E-state index is 9.51. The van der Waals surface area contributed by atoms with Gasteiger partial charge in [-0.05, 0) is 11.0 Å². The molecule has 1 unspecified atom stereocenters. The quantitative estimate of drug-likeness (QED) is 0.720. The second-order valence-corrected chi connectivity index (χ2v) is 4.03. The summed E-state index contributed by atoms with van der Waals surface area (Å²) in [6.07, 6.45) is 0.120. The van der Waals surface area contributed by atoms with Crippen LogP contribution < -0.4 is 0 Å². The highest BCUT2D eigenvalue weighted by molar-refractivity contribution is 7.99. The monoisotopic (exact) mass is 202 g/mol. The Morgan fingerprint density at radius 3 is 2.92 bits per heavy atom. The predicted octanol–water partition coefficient (Wildman–Crippen LogP) is -0.133. The van der Waals surface area contributed by atoms with E-state index in [9.17, 15) is 5.11 Å². The molecular formula is C7H14N4OS. The highest BCUT2D eigenvalue weighted by Crippen LogP contribution is 2.04. The first-order chi connectivity index (χ1) is 6.22. The highest BCUT2D eigenvalue weighted by atomic mass is 32.2. The maximum absolute atomic E-state index is 9.51. The van der Waals surface area contributed by atoms with E-state index >= 15 is 0 Å². The zero-order valence-electron chi connectivity index (χ0n) is 7.84. The van der Waals surface area contributed by atoms with Crippen LogP contribution in [-0.2, 0) is 13.5 Å². The van der Waals surface area contributed by atoms with Gasteiger partial charge in [0.25, 0.3) is 0 Å². The average molecular weight is 202 g/mol. The van der Waals surface area contributed by atoms with E-state index in [2.05, 4.69) is 22.3 Å². The van der Waals surface area contributed by atoms with E-state index in [1.807, 2.05) is 0 Å². The minimum Gasteiger partial charge on any atom is -0.392 e. The number of tetrazole rings is 1. The lowest BCUT2D eigenvalue weighted by atomic mass is 10.3. The number of rotatable bonds is 5. The van der Waals surface area contributed by atoms with Crippen LogP contribution in [0.3, 0.4) is 0 Å². The Bertz CT molecular complexity index is 252. The van der Waals surface area contributed by atoms with E-state index in [1.165, 1.54) is 4.80 Å². The van der Waals surface area contributed by atoms with Crippen molar-refractivity contribution in [1.29, 1.82) is 0 Å². The van der Waals surface area contributed by atoms with Gasteiger partial charge in [0.05, 0.1) is 13.2 Å². The lowest BCUT2D eigenvalue weighted by Crippen LogP contribution is -2.14. The lowest BCUT2D eigenvalue weighted by molar-refractivity contribution is 0.197. The van der Waals surface area contributed by atoms with Gasteiger partial charge in [-0.1, -0.05) is 6.92 Å². The Hall–Kier alpha value is -0.620. The van der Waals surface area contributed by atoms with E-state index in [0.29, 0.717) is 12.2 Å². The fraction of sp³-hybridized carbons (Fsp3) is 0.857. The SMILES string of the molecule is CCSCC(O)Cc1nnn(C)n1. The molecule has 0 bridgehead atoms. The summed E-state index contributed by atoms with van der Waals surface area (Å²) in [6.45, 7) is 2.07. The van der Waals surface area contributed by atoms with Crippen molar-refractivity contribution in [2.24, 2.45) is 7.05 Å². The summed E-state index contributed by atoms with van der Waals surface area (Å²) < 4.78 is 0. The van der Waals surface area contributed by atoms with Gasteiger partial charge in [-0.2, -0.15) is 16.6 Å². The highest BCUT2D eigenvalue weighted by Gasteiger charge is 2.08. The second kappa shape index (κ2) is 5.18. The lowest BCUT2D eigenvalue weighted by Gasteiger charge is -2.05. The molecule has 5 nitrogen and oxygen atoms in total. The first-order valence-electron chi connectivity index (χ1n) is 4.21. The van der Waals surface area contributed by atoms with Crippen LogP contribution in [0.4, 0.5) is 0 Å². The molecule has 0 fully saturated rings. The molecule has 0 aliphatic heterocycles. The average Bonchev–Trinajstić information content (AvgIpc) is 2.48. The number of aromatic nitrogens is 4. The number of thioether (sulfide) groups is 1. The molecule has 13 heavy (non-hydrogen) atoms. The normalized spacial score (nSPS) is 13.2. The van der Waals surface area contributed by atoms with Crippen molar-refractivity contribution in [3.63, 3.8) is 0 Å². The first-order valence-corrected chi connectivity index (χ1v) is 5.36. The van der Waals surface area contributed by atoms with E-state index in [-0.39, 0.29) is 6.10 Å². The molecule has 1 heterocycles. The third kappa shape index (κ3) is 3.73. The summed E-state index contributed by atoms with van der Waals surface area (Å²) >= 11 is 1.71. The van der Waals surface area contributed by atoms with Crippen molar-refractivity contribution >= 4 is 11.8 Å². The van der Waals surface area contributed by atoms with Gasteiger partial charge in [-0.15, -0.1) is 10.2 Å². The fourth-order valence-electron chi connectivity index (χ4n) is 0.929. The van der Waals surface area contributed by atoms with Crippen molar-refractivity contribution < 1.29 is 5.11 Å². The summed E-state index contributed by atoms with van der Waals surface area (Å²) in [5, 5.41) is 21.0. The molecule has 0 aliphatic carbocycles. The minimum atomic E-state index is -0.367. The zero-order valence-corrected chi connectivity index (χ0v) is 8.66.